The molecule has 1 fully saturated rings. The van der Waals surface area contributed by atoms with Gasteiger partial charge in [0.2, 0.25) is 0 Å². The average Bonchev–Trinajstić information content (AvgIpc) is 2.78. The van der Waals surface area contributed by atoms with Gasteiger partial charge in [0.15, 0.2) is 5.96 Å². The Morgan fingerprint density at radius 2 is 1.90 bits per heavy atom. The van der Waals surface area contributed by atoms with Crippen molar-refractivity contribution in [3.8, 4) is 0 Å². The van der Waals surface area contributed by atoms with E-state index in [1.54, 1.807) is 0 Å². The van der Waals surface area contributed by atoms with Crippen LogP contribution in [0.5, 0.6) is 0 Å². The fraction of sp³-hybridized carbons (Fsp3) is 0.520. The molecule has 1 aliphatic heterocycles. The first-order valence-electron chi connectivity index (χ1n) is 11.5. The summed E-state index contributed by atoms with van der Waals surface area (Å²) in [6, 6.07) is 17.7. The number of pyridine rings is 1. The molecular weight excluding hydrogens is 384 g/mol. The quantitative estimate of drug-likeness (QED) is 0.504. The van der Waals surface area contributed by atoms with Crippen molar-refractivity contribution >= 4 is 11.8 Å². The van der Waals surface area contributed by atoms with Gasteiger partial charge in [0.1, 0.15) is 5.82 Å². The topological polar surface area (TPSA) is 55.8 Å². The summed E-state index contributed by atoms with van der Waals surface area (Å²) in [6.45, 7) is 11.0. The minimum absolute atomic E-state index is 0.366. The van der Waals surface area contributed by atoms with Gasteiger partial charge in [-0.1, -0.05) is 36.4 Å². The molecule has 0 aliphatic carbocycles. The molecule has 6 heteroatoms. The van der Waals surface area contributed by atoms with Crippen molar-refractivity contribution < 1.29 is 0 Å². The van der Waals surface area contributed by atoms with E-state index in [4.69, 9.17) is 4.99 Å². The van der Waals surface area contributed by atoms with Crippen molar-refractivity contribution in [1.29, 1.82) is 0 Å². The number of anilines is 1. The third kappa shape index (κ3) is 7.24. The number of aromatic nitrogens is 1. The Bertz CT molecular complexity index is 814. The van der Waals surface area contributed by atoms with E-state index in [0.29, 0.717) is 12.1 Å². The highest BCUT2D eigenvalue weighted by Gasteiger charge is 2.21. The van der Waals surface area contributed by atoms with Crippen LogP contribution in [0.4, 0.5) is 5.82 Å². The van der Waals surface area contributed by atoms with Crippen molar-refractivity contribution in [3.05, 3.63) is 59.8 Å². The Morgan fingerprint density at radius 1 is 1.16 bits per heavy atom. The van der Waals surface area contributed by atoms with Crippen LogP contribution in [0.25, 0.3) is 0 Å². The van der Waals surface area contributed by atoms with Gasteiger partial charge < -0.3 is 15.5 Å². The molecule has 0 radical (unpaired) electrons. The molecule has 1 saturated heterocycles. The van der Waals surface area contributed by atoms with Gasteiger partial charge in [-0.25, -0.2) is 4.98 Å². The molecule has 0 bridgehead atoms. The molecular formula is C25H38N6. The fourth-order valence-electron chi connectivity index (χ4n) is 3.86. The molecule has 2 aromatic rings. The van der Waals surface area contributed by atoms with Crippen molar-refractivity contribution in [3.63, 3.8) is 0 Å². The zero-order chi connectivity index (χ0) is 22.1. The SMILES string of the molecule is CCNC(=NCC(C)N(C)Cc1ccccc1)NC1CCN(c2cccc(C)n2)CC1. The monoisotopic (exact) mass is 422 g/mol. The maximum Gasteiger partial charge on any atom is 0.191 e. The molecule has 31 heavy (non-hydrogen) atoms. The molecule has 1 atom stereocenters. The molecule has 1 unspecified atom stereocenters. The summed E-state index contributed by atoms with van der Waals surface area (Å²) >= 11 is 0. The van der Waals surface area contributed by atoms with E-state index in [-0.39, 0.29) is 0 Å². The van der Waals surface area contributed by atoms with Crippen LogP contribution in [-0.2, 0) is 6.54 Å². The van der Waals surface area contributed by atoms with Crippen LogP contribution in [0.1, 0.15) is 37.9 Å². The number of benzene rings is 1. The number of likely N-dealkylation sites (N-methyl/N-ethyl adjacent to an activating group) is 1. The number of rotatable bonds is 8. The van der Waals surface area contributed by atoms with E-state index in [1.165, 1.54) is 5.56 Å². The first-order valence-corrected chi connectivity index (χ1v) is 11.5. The normalized spacial score (nSPS) is 16.4. The highest BCUT2D eigenvalue weighted by Crippen LogP contribution is 2.18. The Hall–Kier alpha value is -2.60. The summed E-state index contributed by atoms with van der Waals surface area (Å²) in [6.07, 6.45) is 2.17. The van der Waals surface area contributed by atoms with Gasteiger partial charge in [-0.05, 0) is 58.4 Å². The molecule has 0 spiro atoms. The molecule has 1 aromatic carbocycles. The van der Waals surface area contributed by atoms with Gasteiger partial charge in [-0.15, -0.1) is 0 Å². The number of nitrogens with zero attached hydrogens (tertiary/aromatic N) is 4. The fourth-order valence-corrected chi connectivity index (χ4v) is 3.86. The van der Waals surface area contributed by atoms with Crippen molar-refractivity contribution in [2.24, 2.45) is 4.99 Å². The van der Waals surface area contributed by atoms with Crippen LogP contribution in [0, 0.1) is 6.92 Å². The maximum atomic E-state index is 4.89. The van der Waals surface area contributed by atoms with Gasteiger partial charge in [-0.2, -0.15) is 0 Å². The molecule has 2 heterocycles. The van der Waals surface area contributed by atoms with Crippen LogP contribution in [0.3, 0.4) is 0 Å². The first-order chi connectivity index (χ1) is 15.0. The lowest BCUT2D eigenvalue weighted by Gasteiger charge is -2.34. The average molecular weight is 423 g/mol. The van der Waals surface area contributed by atoms with Crippen molar-refractivity contribution in [1.82, 2.24) is 20.5 Å². The second kappa shape index (κ2) is 11.7. The number of aliphatic imine (C=N–C) groups is 1. The number of hydrogen-bond acceptors (Lipinski definition) is 4. The standard InChI is InChI=1S/C25H38N6/c1-5-26-25(27-18-21(3)30(4)19-22-11-7-6-8-12-22)29-23-14-16-31(17-15-23)24-13-9-10-20(2)28-24/h6-13,21,23H,5,14-19H2,1-4H3,(H2,26,27,29). The minimum atomic E-state index is 0.366. The van der Waals surface area contributed by atoms with Crippen LogP contribution in [-0.4, -0.2) is 61.2 Å². The van der Waals surface area contributed by atoms with E-state index >= 15 is 0 Å². The molecule has 2 N–H and O–H groups in total. The third-order valence-corrected chi connectivity index (χ3v) is 5.92. The Morgan fingerprint density at radius 3 is 2.58 bits per heavy atom. The molecule has 1 aromatic heterocycles. The first kappa shape index (κ1) is 23.1. The lowest BCUT2D eigenvalue weighted by Crippen LogP contribution is -2.49. The predicted molar refractivity (Wildman–Crippen MR) is 131 cm³/mol. The largest absolute Gasteiger partial charge is 0.357 e. The van der Waals surface area contributed by atoms with E-state index in [9.17, 15) is 0 Å². The summed E-state index contributed by atoms with van der Waals surface area (Å²) in [5.41, 5.74) is 2.41. The molecule has 6 nitrogen and oxygen atoms in total. The number of nitrogens with one attached hydrogen (secondary N) is 2. The maximum absolute atomic E-state index is 4.89. The van der Waals surface area contributed by atoms with Crippen molar-refractivity contribution in [2.75, 3.05) is 38.1 Å². The lowest BCUT2D eigenvalue weighted by atomic mass is 10.1. The predicted octanol–water partition coefficient (Wildman–Crippen LogP) is 3.43. The van der Waals surface area contributed by atoms with Gasteiger partial charge in [0.25, 0.3) is 0 Å². The molecule has 168 valence electrons. The van der Waals surface area contributed by atoms with Crippen LogP contribution in [0.2, 0.25) is 0 Å². The number of piperidine rings is 1. The van der Waals surface area contributed by atoms with E-state index in [1.807, 2.05) is 0 Å². The molecule has 3 rings (SSSR count). The Balaban J connectivity index is 1.49. The zero-order valence-corrected chi connectivity index (χ0v) is 19.5. The second-order valence-electron chi connectivity index (χ2n) is 8.51. The summed E-state index contributed by atoms with van der Waals surface area (Å²) in [4.78, 5) is 14.3. The summed E-state index contributed by atoms with van der Waals surface area (Å²) in [7, 11) is 2.17. The summed E-state index contributed by atoms with van der Waals surface area (Å²) in [5.74, 6) is 2.02. The van der Waals surface area contributed by atoms with Gasteiger partial charge in [0, 0.05) is 44.0 Å². The van der Waals surface area contributed by atoms with Crippen molar-refractivity contribution in [2.45, 2.75) is 52.2 Å². The van der Waals surface area contributed by atoms with Crippen LogP contribution < -0.4 is 15.5 Å². The molecule has 0 saturated carbocycles. The number of aryl methyl sites for hydroxylation is 1. The highest BCUT2D eigenvalue weighted by molar-refractivity contribution is 5.80. The van der Waals surface area contributed by atoms with Crippen LogP contribution in [0.15, 0.2) is 53.5 Å². The number of guanidine groups is 1. The second-order valence-corrected chi connectivity index (χ2v) is 8.51. The van der Waals surface area contributed by atoms with E-state index < -0.39 is 0 Å². The van der Waals surface area contributed by atoms with Gasteiger partial charge in [-0.3, -0.25) is 9.89 Å². The molecule has 0 amide bonds. The van der Waals surface area contributed by atoms with Crippen LogP contribution >= 0.6 is 0 Å². The van der Waals surface area contributed by atoms with Gasteiger partial charge in [0.05, 0.1) is 6.54 Å². The minimum Gasteiger partial charge on any atom is -0.357 e. The zero-order valence-electron chi connectivity index (χ0n) is 19.5. The van der Waals surface area contributed by atoms with Gasteiger partial charge >= 0.3 is 0 Å². The van der Waals surface area contributed by atoms with E-state index in [2.05, 4.69) is 102 Å². The smallest absolute Gasteiger partial charge is 0.191 e. The lowest BCUT2D eigenvalue weighted by molar-refractivity contribution is 0.255. The Labute approximate surface area is 187 Å². The molecule has 1 aliphatic rings. The number of hydrogen-bond donors (Lipinski definition) is 2. The van der Waals surface area contributed by atoms with E-state index in [0.717, 1.165) is 63.0 Å². The summed E-state index contributed by atoms with van der Waals surface area (Å²) in [5, 5.41) is 7.08. The highest BCUT2D eigenvalue weighted by atomic mass is 15.2. The Kier molecular flexibility index (Phi) is 8.71. The third-order valence-electron chi connectivity index (χ3n) is 5.92. The summed E-state index contributed by atoms with van der Waals surface area (Å²) < 4.78 is 0.